The van der Waals surface area contributed by atoms with Crippen LogP contribution in [-0.4, -0.2) is 11.1 Å². The summed E-state index contributed by atoms with van der Waals surface area (Å²) in [5, 5.41) is 0. The standard InChI is InChI=1S/C22H25NO2/c1-3-8-18-16-12-7-9-14(2)19(16)20-21(25-18)17(13-23-22(20)24)15-10-5-4-6-11-15/h3-6,8,10-11,13-14,16,18-19H,7,9,12H2,1-2H3,(H,23,24)/b8-3+/t14-,16+,18+,19+/m0/s1. The lowest BCUT2D eigenvalue weighted by molar-refractivity contribution is 0.0784. The molecule has 0 unspecified atom stereocenters. The summed E-state index contributed by atoms with van der Waals surface area (Å²) in [6.45, 7) is 4.32. The van der Waals surface area contributed by atoms with Crippen molar-refractivity contribution in [2.24, 2.45) is 11.8 Å². The lowest BCUT2D eigenvalue weighted by Crippen LogP contribution is -2.42. The maximum Gasteiger partial charge on any atom is 0.255 e. The molecule has 4 rings (SSSR count). The molecular formula is C22H25NO2. The van der Waals surface area contributed by atoms with Crippen LogP contribution in [0.5, 0.6) is 5.75 Å². The molecule has 1 aliphatic carbocycles. The minimum absolute atomic E-state index is 0.0114. The number of hydrogen-bond acceptors (Lipinski definition) is 2. The van der Waals surface area contributed by atoms with Gasteiger partial charge in [-0.3, -0.25) is 4.79 Å². The third-order valence-electron chi connectivity index (χ3n) is 5.83. The Balaban J connectivity index is 1.93. The lowest BCUT2D eigenvalue weighted by Gasteiger charge is -2.44. The lowest BCUT2D eigenvalue weighted by atomic mass is 9.66. The highest BCUT2D eigenvalue weighted by molar-refractivity contribution is 5.72. The molecule has 1 aromatic carbocycles. The third-order valence-corrected chi connectivity index (χ3v) is 5.83. The van der Waals surface area contributed by atoms with Crippen LogP contribution in [0.1, 0.15) is 44.6 Å². The van der Waals surface area contributed by atoms with Crippen LogP contribution in [-0.2, 0) is 0 Å². The molecule has 4 atom stereocenters. The monoisotopic (exact) mass is 335 g/mol. The fourth-order valence-electron chi connectivity index (χ4n) is 4.71. The predicted octanol–water partition coefficient (Wildman–Crippen LogP) is 4.90. The van der Waals surface area contributed by atoms with E-state index in [0.717, 1.165) is 28.9 Å². The smallest absolute Gasteiger partial charge is 0.255 e. The first kappa shape index (κ1) is 16.2. The maximum atomic E-state index is 12.8. The molecule has 1 fully saturated rings. The minimum Gasteiger partial charge on any atom is -0.485 e. The topological polar surface area (TPSA) is 42.1 Å². The van der Waals surface area contributed by atoms with E-state index in [0.29, 0.717) is 11.8 Å². The van der Waals surface area contributed by atoms with Gasteiger partial charge >= 0.3 is 0 Å². The molecule has 3 nitrogen and oxygen atoms in total. The van der Waals surface area contributed by atoms with Gasteiger partial charge in [0.1, 0.15) is 11.9 Å². The number of aromatic amines is 1. The summed E-state index contributed by atoms with van der Waals surface area (Å²) in [5.41, 5.74) is 2.94. The molecule has 2 aliphatic rings. The van der Waals surface area contributed by atoms with Gasteiger partial charge in [0.2, 0.25) is 0 Å². The van der Waals surface area contributed by atoms with E-state index in [1.807, 2.05) is 25.1 Å². The van der Waals surface area contributed by atoms with Gasteiger partial charge in [-0.1, -0.05) is 56.2 Å². The number of allylic oxidation sites excluding steroid dienone is 1. The van der Waals surface area contributed by atoms with Crippen molar-refractivity contribution < 1.29 is 4.74 Å². The molecule has 0 saturated heterocycles. The zero-order chi connectivity index (χ0) is 17.4. The average Bonchev–Trinajstić information content (AvgIpc) is 2.63. The number of benzene rings is 1. The number of fused-ring (bicyclic) bond motifs is 3. The molecule has 1 aromatic heterocycles. The van der Waals surface area contributed by atoms with E-state index in [2.05, 4.69) is 36.2 Å². The van der Waals surface area contributed by atoms with Crippen LogP contribution in [0.4, 0.5) is 0 Å². The van der Waals surface area contributed by atoms with E-state index in [1.54, 1.807) is 6.20 Å². The molecule has 2 heterocycles. The van der Waals surface area contributed by atoms with Gasteiger partial charge in [0, 0.05) is 23.6 Å². The highest BCUT2D eigenvalue weighted by atomic mass is 16.5. The van der Waals surface area contributed by atoms with E-state index in [-0.39, 0.29) is 17.6 Å². The molecule has 0 amide bonds. The Bertz CT molecular complexity index is 837. The summed E-state index contributed by atoms with van der Waals surface area (Å²) in [7, 11) is 0. The predicted molar refractivity (Wildman–Crippen MR) is 101 cm³/mol. The largest absolute Gasteiger partial charge is 0.485 e. The van der Waals surface area contributed by atoms with Crippen LogP contribution in [0.25, 0.3) is 11.1 Å². The fraction of sp³-hybridized carbons (Fsp3) is 0.409. The van der Waals surface area contributed by atoms with Crippen LogP contribution in [0, 0.1) is 11.8 Å². The van der Waals surface area contributed by atoms with Gasteiger partial charge in [-0.05, 0) is 30.9 Å². The van der Waals surface area contributed by atoms with Crippen LogP contribution in [0.15, 0.2) is 53.5 Å². The quantitative estimate of drug-likeness (QED) is 0.793. The van der Waals surface area contributed by atoms with Crippen molar-refractivity contribution in [2.45, 2.75) is 45.1 Å². The Kier molecular flexibility index (Phi) is 4.24. The van der Waals surface area contributed by atoms with Gasteiger partial charge in [0.15, 0.2) is 0 Å². The molecule has 130 valence electrons. The molecule has 0 radical (unpaired) electrons. The minimum atomic E-state index is 0.0114. The highest BCUT2D eigenvalue weighted by Crippen LogP contribution is 2.51. The van der Waals surface area contributed by atoms with Gasteiger partial charge in [-0.25, -0.2) is 0 Å². The Hall–Kier alpha value is -2.29. The molecule has 0 bridgehead atoms. The van der Waals surface area contributed by atoms with Crippen molar-refractivity contribution in [2.75, 3.05) is 0 Å². The molecule has 1 aliphatic heterocycles. The van der Waals surface area contributed by atoms with Crippen molar-refractivity contribution in [3.8, 4) is 16.9 Å². The second kappa shape index (κ2) is 6.55. The van der Waals surface area contributed by atoms with Crippen LogP contribution >= 0.6 is 0 Å². The number of hydrogen-bond donors (Lipinski definition) is 1. The summed E-state index contributed by atoms with van der Waals surface area (Å²) < 4.78 is 6.45. The second-order valence-corrected chi connectivity index (χ2v) is 7.35. The fourth-order valence-corrected chi connectivity index (χ4v) is 4.71. The first-order valence-corrected chi connectivity index (χ1v) is 9.31. The van der Waals surface area contributed by atoms with E-state index in [4.69, 9.17) is 4.74 Å². The Morgan fingerprint density at radius 3 is 2.76 bits per heavy atom. The Morgan fingerprint density at radius 1 is 1.20 bits per heavy atom. The van der Waals surface area contributed by atoms with E-state index in [9.17, 15) is 4.79 Å². The van der Waals surface area contributed by atoms with Crippen molar-refractivity contribution in [1.82, 2.24) is 4.98 Å². The van der Waals surface area contributed by atoms with Gasteiger partial charge in [-0.15, -0.1) is 0 Å². The number of ether oxygens (including phenoxy) is 1. The Morgan fingerprint density at radius 2 is 2.00 bits per heavy atom. The van der Waals surface area contributed by atoms with Gasteiger partial charge in [0.25, 0.3) is 5.56 Å². The molecular weight excluding hydrogens is 310 g/mol. The molecule has 3 heteroatoms. The van der Waals surface area contributed by atoms with E-state index < -0.39 is 0 Å². The zero-order valence-electron chi connectivity index (χ0n) is 14.9. The number of rotatable bonds is 2. The van der Waals surface area contributed by atoms with Gasteiger partial charge in [0.05, 0.1) is 5.56 Å². The van der Waals surface area contributed by atoms with E-state index in [1.165, 1.54) is 12.8 Å². The van der Waals surface area contributed by atoms with Crippen LogP contribution in [0.3, 0.4) is 0 Å². The molecule has 25 heavy (non-hydrogen) atoms. The number of pyridine rings is 1. The summed E-state index contributed by atoms with van der Waals surface area (Å²) >= 11 is 0. The van der Waals surface area contributed by atoms with Crippen LogP contribution in [0.2, 0.25) is 0 Å². The average molecular weight is 335 g/mol. The van der Waals surface area contributed by atoms with Crippen molar-refractivity contribution in [3.63, 3.8) is 0 Å². The number of aromatic nitrogens is 1. The second-order valence-electron chi connectivity index (χ2n) is 7.35. The first-order chi connectivity index (χ1) is 12.2. The SMILES string of the molecule is C/C=C/[C@H]1Oc2c(-c3ccccc3)c[nH]c(=O)c2[C@H]2[C@@H]1CCC[C@@H]2C. The maximum absolute atomic E-state index is 12.8. The summed E-state index contributed by atoms with van der Waals surface area (Å²) in [5.74, 6) is 1.94. The van der Waals surface area contributed by atoms with Crippen molar-refractivity contribution in [3.05, 3.63) is 64.6 Å². The highest BCUT2D eigenvalue weighted by Gasteiger charge is 2.44. The molecule has 1 saturated carbocycles. The van der Waals surface area contributed by atoms with Gasteiger partial charge in [-0.2, -0.15) is 0 Å². The van der Waals surface area contributed by atoms with Crippen LogP contribution < -0.4 is 10.3 Å². The number of H-pyrrole nitrogens is 1. The summed E-state index contributed by atoms with van der Waals surface area (Å²) in [6.07, 6.45) is 9.60. The van der Waals surface area contributed by atoms with Gasteiger partial charge < -0.3 is 9.72 Å². The first-order valence-electron chi connectivity index (χ1n) is 9.31. The Labute approximate surface area is 148 Å². The van der Waals surface area contributed by atoms with Crippen molar-refractivity contribution >= 4 is 0 Å². The molecule has 2 aromatic rings. The summed E-state index contributed by atoms with van der Waals surface area (Å²) in [4.78, 5) is 15.7. The number of nitrogens with one attached hydrogen (secondary N) is 1. The molecule has 1 N–H and O–H groups in total. The normalized spacial score (nSPS) is 28.2. The van der Waals surface area contributed by atoms with Crippen molar-refractivity contribution in [1.29, 1.82) is 0 Å². The zero-order valence-corrected chi connectivity index (χ0v) is 14.9. The third kappa shape index (κ3) is 2.72. The van der Waals surface area contributed by atoms with E-state index >= 15 is 0 Å². The summed E-state index contributed by atoms with van der Waals surface area (Å²) in [6, 6.07) is 10.2. The molecule has 0 spiro atoms.